The average molecular weight is 553 g/mol. The highest BCUT2D eigenvalue weighted by Gasteiger charge is 2.26. The van der Waals surface area contributed by atoms with Gasteiger partial charge in [-0.15, -0.1) is 24.0 Å². The molecule has 3 N–H and O–H groups in total. The van der Waals surface area contributed by atoms with Crippen LogP contribution in [0.15, 0.2) is 59.6 Å². The number of aliphatic imine (C=N–C) groups is 1. The highest BCUT2D eigenvalue weighted by Crippen LogP contribution is 2.20. The van der Waals surface area contributed by atoms with E-state index in [1.165, 1.54) is 17.7 Å². The summed E-state index contributed by atoms with van der Waals surface area (Å²) in [7, 11) is 0. The lowest BCUT2D eigenvalue weighted by molar-refractivity contribution is -0.114. The summed E-state index contributed by atoms with van der Waals surface area (Å²) < 4.78 is 13.3. The third-order valence-corrected chi connectivity index (χ3v) is 5.42. The van der Waals surface area contributed by atoms with Gasteiger partial charge in [-0.2, -0.15) is 0 Å². The molecule has 0 radical (unpaired) electrons. The summed E-state index contributed by atoms with van der Waals surface area (Å²) in [5, 5.41) is 9.35. The Morgan fingerprint density at radius 3 is 2.66 bits per heavy atom. The Labute approximate surface area is 207 Å². The Hall–Kier alpha value is -2.20. The number of carbonyl (C=O) groups is 1. The molecule has 8 heteroatoms. The minimum atomic E-state index is -0.385. The number of piperidine rings is 1. The van der Waals surface area contributed by atoms with Crippen LogP contribution in [0.3, 0.4) is 0 Å². The van der Waals surface area contributed by atoms with Crippen LogP contribution in [-0.2, 0) is 11.3 Å². The molecule has 1 fully saturated rings. The topological polar surface area (TPSA) is 68.8 Å². The molecule has 0 aromatic heterocycles. The van der Waals surface area contributed by atoms with Crippen molar-refractivity contribution in [3.05, 3.63) is 66.0 Å². The van der Waals surface area contributed by atoms with Gasteiger partial charge >= 0.3 is 0 Å². The molecule has 2 unspecified atom stereocenters. The number of likely N-dealkylation sites (tertiary alicyclic amines) is 1. The smallest absolute Gasteiger partial charge is 0.246 e. The second-order valence-electron chi connectivity index (χ2n) is 7.92. The number of nitrogens with zero attached hydrogens (tertiary/aromatic N) is 2. The third kappa shape index (κ3) is 8.38. The number of hydrogen-bond acceptors (Lipinski definition) is 3. The zero-order chi connectivity index (χ0) is 22.1. The quantitative estimate of drug-likeness (QED) is 0.276. The Morgan fingerprint density at radius 2 is 1.97 bits per heavy atom. The van der Waals surface area contributed by atoms with Crippen molar-refractivity contribution in [2.75, 3.05) is 25.0 Å². The van der Waals surface area contributed by atoms with Crippen molar-refractivity contribution in [3.63, 3.8) is 0 Å². The fourth-order valence-corrected chi connectivity index (χ4v) is 3.84. The molecule has 1 saturated heterocycles. The molecular weight excluding hydrogens is 520 g/mol. The van der Waals surface area contributed by atoms with Gasteiger partial charge in [0.15, 0.2) is 5.96 Å². The van der Waals surface area contributed by atoms with Crippen molar-refractivity contribution in [3.8, 4) is 0 Å². The first kappa shape index (κ1) is 26.1. The van der Waals surface area contributed by atoms with Crippen LogP contribution in [0.25, 0.3) is 0 Å². The van der Waals surface area contributed by atoms with E-state index < -0.39 is 0 Å². The zero-order valence-corrected chi connectivity index (χ0v) is 21.0. The Morgan fingerprint density at radius 1 is 1.19 bits per heavy atom. The standard InChI is InChI=1S/C24H32FN5O.HI/c1-3-26-24(27-16-23(31)28-21-11-7-10-20(25)15-21)29-22-12-13-30(18(2)14-22)17-19-8-5-4-6-9-19;/h4-11,15,18,22H,3,12-14,16-17H2,1-2H3,(H,28,31)(H2,26,27,29);1H. The van der Waals surface area contributed by atoms with Crippen molar-refractivity contribution in [2.24, 2.45) is 4.99 Å². The van der Waals surface area contributed by atoms with Gasteiger partial charge in [0.05, 0.1) is 0 Å². The molecule has 0 bridgehead atoms. The van der Waals surface area contributed by atoms with E-state index >= 15 is 0 Å². The maximum absolute atomic E-state index is 13.3. The Bertz CT molecular complexity index is 880. The Balaban J connectivity index is 0.00000363. The Kier molecular flexibility index (Phi) is 10.9. The normalized spacial score (nSPS) is 19.0. The molecule has 1 heterocycles. The van der Waals surface area contributed by atoms with E-state index in [4.69, 9.17) is 0 Å². The highest BCUT2D eigenvalue weighted by atomic mass is 127. The van der Waals surface area contributed by atoms with Gasteiger partial charge < -0.3 is 16.0 Å². The average Bonchev–Trinajstić information content (AvgIpc) is 2.75. The van der Waals surface area contributed by atoms with E-state index in [1.807, 2.05) is 13.0 Å². The van der Waals surface area contributed by atoms with Crippen molar-refractivity contribution >= 4 is 41.5 Å². The van der Waals surface area contributed by atoms with E-state index in [1.54, 1.807) is 12.1 Å². The van der Waals surface area contributed by atoms with Crippen LogP contribution in [0.4, 0.5) is 10.1 Å². The van der Waals surface area contributed by atoms with Gasteiger partial charge in [0.25, 0.3) is 0 Å². The maximum atomic E-state index is 13.3. The lowest BCUT2D eigenvalue weighted by Crippen LogP contribution is -2.51. The van der Waals surface area contributed by atoms with Crippen molar-refractivity contribution in [1.29, 1.82) is 0 Å². The van der Waals surface area contributed by atoms with E-state index in [0.29, 0.717) is 30.3 Å². The number of amides is 1. The van der Waals surface area contributed by atoms with Crippen LogP contribution in [0.1, 0.15) is 32.3 Å². The number of nitrogens with one attached hydrogen (secondary N) is 3. The van der Waals surface area contributed by atoms with Crippen LogP contribution in [0.5, 0.6) is 0 Å². The molecule has 0 aliphatic carbocycles. The molecule has 1 aliphatic heterocycles. The molecule has 0 spiro atoms. The number of guanidine groups is 1. The van der Waals surface area contributed by atoms with Gasteiger partial charge in [-0.25, -0.2) is 9.38 Å². The van der Waals surface area contributed by atoms with Gasteiger partial charge in [0.1, 0.15) is 12.4 Å². The zero-order valence-electron chi connectivity index (χ0n) is 18.7. The number of hydrogen-bond donors (Lipinski definition) is 3. The molecule has 0 saturated carbocycles. The van der Waals surface area contributed by atoms with Gasteiger partial charge in [-0.3, -0.25) is 9.69 Å². The van der Waals surface area contributed by atoms with Gasteiger partial charge in [-0.05, 0) is 50.5 Å². The minimum Gasteiger partial charge on any atom is -0.357 e. The van der Waals surface area contributed by atoms with Crippen molar-refractivity contribution in [1.82, 2.24) is 15.5 Å². The fraction of sp³-hybridized carbons (Fsp3) is 0.417. The van der Waals surface area contributed by atoms with Crippen LogP contribution < -0.4 is 16.0 Å². The molecule has 1 amide bonds. The molecular formula is C24H33FIN5O. The fourth-order valence-electron chi connectivity index (χ4n) is 3.84. The summed E-state index contributed by atoms with van der Waals surface area (Å²) >= 11 is 0. The predicted molar refractivity (Wildman–Crippen MR) is 139 cm³/mol. The number of benzene rings is 2. The lowest BCUT2D eigenvalue weighted by atomic mass is 9.97. The SMILES string of the molecule is CCNC(=NCC(=O)Nc1cccc(F)c1)NC1CCN(Cc2ccccc2)C(C)C1.I. The largest absolute Gasteiger partial charge is 0.357 e. The lowest BCUT2D eigenvalue weighted by Gasteiger charge is -2.38. The summed E-state index contributed by atoms with van der Waals surface area (Å²) in [5.41, 5.74) is 1.76. The van der Waals surface area contributed by atoms with E-state index in [0.717, 1.165) is 25.9 Å². The van der Waals surface area contributed by atoms with E-state index in [-0.39, 0.29) is 42.2 Å². The molecule has 2 aromatic carbocycles. The van der Waals surface area contributed by atoms with E-state index in [9.17, 15) is 9.18 Å². The minimum absolute atomic E-state index is 0. The first-order chi connectivity index (χ1) is 15.0. The van der Waals surface area contributed by atoms with Crippen LogP contribution in [0.2, 0.25) is 0 Å². The maximum Gasteiger partial charge on any atom is 0.246 e. The number of rotatable bonds is 7. The molecule has 6 nitrogen and oxygen atoms in total. The summed E-state index contributed by atoms with van der Waals surface area (Å²) in [5.74, 6) is -0.0384. The molecule has 3 rings (SSSR count). The van der Waals surface area contributed by atoms with Crippen LogP contribution in [0, 0.1) is 5.82 Å². The first-order valence-electron chi connectivity index (χ1n) is 10.9. The summed E-state index contributed by atoms with van der Waals surface area (Å²) in [4.78, 5) is 19.1. The van der Waals surface area contributed by atoms with Crippen molar-refractivity contribution < 1.29 is 9.18 Å². The van der Waals surface area contributed by atoms with Crippen LogP contribution >= 0.6 is 24.0 Å². The van der Waals surface area contributed by atoms with E-state index in [2.05, 4.69) is 57.0 Å². The van der Waals surface area contributed by atoms with Gasteiger partial charge in [-0.1, -0.05) is 36.4 Å². The predicted octanol–water partition coefficient (Wildman–Crippen LogP) is 3.99. The number of halogens is 2. The second-order valence-corrected chi connectivity index (χ2v) is 7.92. The highest BCUT2D eigenvalue weighted by molar-refractivity contribution is 14.0. The summed E-state index contributed by atoms with van der Waals surface area (Å²) in [6, 6.07) is 17.1. The first-order valence-corrected chi connectivity index (χ1v) is 10.9. The molecule has 32 heavy (non-hydrogen) atoms. The molecule has 174 valence electrons. The monoisotopic (exact) mass is 553 g/mol. The van der Waals surface area contributed by atoms with Gasteiger partial charge in [0.2, 0.25) is 5.91 Å². The van der Waals surface area contributed by atoms with Gasteiger partial charge in [0, 0.05) is 37.4 Å². The molecule has 2 aromatic rings. The second kappa shape index (κ2) is 13.4. The van der Waals surface area contributed by atoms with Crippen LogP contribution in [-0.4, -0.2) is 48.5 Å². The number of carbonyl (C=O) groups excluding carboxylic acids is 1. The van der Waals surface area contributed by atoms with Crippen molar-refractivity contribution in [2.45, 2.75) is 45.3 Å². The number of anilines is 1. The molecule has 1 aliphatic rings. The molecule has 2 atom stereocenters. The summed E-state index contributed by atoms with van der Waals surface area (Å²) in [6.45, 7) is 6.90. The summed E-state index contributed by atoms with van der Waals surface area (Å²) in [6.07, 6.45) is 2.02. The third-order valence-electron chi connectivity index (χ3n) is 5.42.